The topological polar surface area (TPSA) is 12.9 Å². The second kappa shape index (κ2) is 5.56. The highest BCUT2D eigenvalue weighted by Crippen LogP contribution is 2.27. The van der Waals surface area contributed by atoms with E-state index in [1.807, 2.05) is 5.38 Å². The van der Waals surface area contributed by atoms with E-state index in [0.717, 1.165) is 30.7 Å². The maximum Gasteiger partial charge on any atom is 0.133 e. The van der Waals surface area contributed by atoms with Crippen molar-refractivity contribution >= 4 is 22.9 Å². The molecule has 0 saturated heterocycles. The number of benzene rings is 1. The summed E-state index contributed by atoms with van der Waals surface area (Å²) in [6, 6.07) is 3.38. The Morgan fingerprint density at radius 2 is 2.12 bits per heavy atom. The molecule has 0 amide bonds. The normalized spacial score (nSPS) is 10.8. The van der Waals surface area contributed by atoms with E-state index in [1.54, 1.807) is 0 Å². The van der Waals surface area contributed by atoms with Crippen molar-refractivity contribution in [3.8, 4) is 10.6 Å². The van der Waals surface area contributed by atoms with E-state index in [2.05, 4.69) is 4.98 Å². The van der Waals surface area contributed by atoms with Crippen LogP contribution >= 0.6 is 22.9 Å². The smallest absolute Gasteiger partial charge is 0.133 e. The number of halogens is 3. The van der Waals surface area contributed by atoms with Crippen LogP contribution in [0.1, 0.15) is 12.1 Å². The third-order valence-electron chi connectivity index (χ3n) is 2.28. The predicted octanol–water partition coefficient (Wildman–Crippen LogP) is 4.26. The van der Waals surface area contributed by atoms with Gasteiger partial charge < -0.3 is 0 Å². The molecule has 0 fully saturated rings. The summed E-state index contributed by atoms with van der Waals surface area (Å²) < 4.78 is 26.5. The monoisotopic (exact) mass is 273 g/mol. The molecule has 5 heteroatoms. The summed E-state index contributed by atoms with van der Waals surface area (Å²) in [6.07, 6.45) is 1.59. The highest BCUT2D eigenvalue weighted by Gasteiger charge is 2.10. The summed E-state index contributed by atoms with van der Waals surface area (Å²) in [6.45, 7) is 0. The molecule has 17 heavy (non-hydrogen) atoms. The number of alkyl halides is 1. The third kappa shape index (κ3) is 3.01. The fraction of sp³-hybridized carbons (Fsp3) is 0.250. The zero-order valence-corrected chi connectivity index (χ0v) is 10.5. The second-order valence-corrected chi connectivity index (χ2v) is 4.80. The Labute approximate surface area is 107 Å². The number of aromatic nitrogens is 1. The van der Waals surface area contributed by atoms with Crippen LogP contribution < -0.4 is 0 Å². The van der Waals surface area contributed by atoms with Crippen LogP contribution in [0.5, 0.6) is 0 Å². The number of thiazole rings is 1. The molecule has 0 aliphatic heterocycles. The minimum atomic E-state index is -0.459. The van der Waals surface area contributed by atoms with Crippen LogP contribution in [0.15, 0.2) is 23.6 Å². The van der Waals surface area contributed by atoms with Crippen LogP contribution in [-0.4, -0.2) is 10.9 Å². The van der Waals surface area contributed by atoms with Gasteiger partial charge in [-0.05, 0) is 31.0 Å². The molecule has 1 aromatic carbocycles. The number of nitrogens with zero attached hydrogens (tertiary/aromatic N) is 1. The molecule has 0 unspecified atom stereocenters. The molecule has 1 heterocycles. The van der Waals surface area contributed by atoms with Crippen molar-refractivity contribution in [1.82, 2.24) is 4.98 Å². The van der Waals surface area contributed by atoms with Crippen LogP contribution in [-0.2, 0) is 6.42 Å². The average Bonchev–Trinajstić information content (AvgIpc) is 2.78. The van der Waals surface area contributed by atoms with E-state index >= 15 is 0 Å². The van der Waals surface area contributed by atoms with E-state index < -0.39 is 11.6 Å². The Hall–Kier alpha value is -1.000. The fourth-order valence-corrected chi connectivity index (χ4v) is 2.46. The van der Waals surface area contributed by atoms with Crippen molar-refractivity contribution in [2.75, 3.05) is 5.88 Å². The van der Waals surface area contributed by atoms with Crippen molar-refractivity contribution in [3.63, 3.8) is 0 Å². The van der Waals surface area contributed by atoms with Crippen LogP contribution in [0.4, 0.5) is 8.78 Å². The molecule has 0 bridgehead atoms. The van der Waals surface area contributed by atoms with Crippen molar-refractivity contribution < 1.29 is 8.78 Å². The molecule has 2 aromatic rings. The Morgan fingerprint density at radius 3 is 2.88 bits per heavy atom. The largest absolute Gasteiger partial charge is 0.241 e. The number of rotatable bonds is 4. The molecule has 0 saturated carbocycles. The van der Waals surface area contributed by atoms with Crippen molar-refractivity contribution in [2.24, 2.45) is 0 Å². The quantitative estimate of drug-likeness (QED) is 0.759. The van der Waals surface area contributed by atoms with E-state index in [1.165, 1.54) is 17.4 Å². The zero-order chi connectivity index (χ0) is 12.3. The standard InChI is InChI=1S/C12H10ClF2NS/c13-5-1-2-9-7-17-12(16-9)10-6-8(14)3-4-11(10)15/h3-4,6-7H,1-2,5H2. The summed E-state index contributed by atoms with van der Waals surface area (Å²) in [5.41, 5.74) is 1.08. The van der Waals surface area contributed by atoms with Crippen molar-refractivity contribution in [2.45, 2.75) is 12.8 Å². The average molecular weight is 274 g/mol. The molecule has 0 radical (unpaired) electrons. The summed E-state index contributed by atoms with van der Waals surface area (Å²) in [5.74, 6) is -0.343. The van der Waals surface area contributed by atoms with Gasteiger partial charge in [0.25, 0.3) is 0 Å². The van der Waals surface area contributed by atoms with Gasteiger partial charge >= 0.3 is 0 Å². The summed E-state index contributed by atoms with van der Waals surface area (Å²) in [4.78, 5) is 4.27. The van der Waals surface area contributed by atoms with Crippen LogP contribution in [0.2, 0.25) is 0 Å². The van der Waals surface area contributed by atoms with E-state index in [4.69, 9.17) is 11.6 Å². The molecular formula is C12H10ClF2NS. The van der Waals surface area contributed by atoms with Crippen LogP contribution in [0, 0.1) is 11.6 Å². The molecule has 1 aromatic heterocycles. The molecular weight excluding hydrogens is 264 g/mol. The molecule has 0 atom stereocenters. The Balaban J connectivity index is 2.27. The van der Waals surface area contributed by atoms with Gasteiger partial charge in [0.1, 0.15) is 16.6 Å². The lowest BCUT2D eigenvalue weighted by Gasteiger charge is -1.98. The van der Waals surface area contributed by atoms with Gasteiger partial charge in [-0.2, -0.15) is 0 Å². The van der Waals surface area contributed by atoms with Crippen LogP contribution in [0.25, 0.3) is 10.6 Å². The number of aryl methyl sites for hydroxylation is 1. The summed E-state index contributed by atoms with van der Waals surface area (Å²) >= 11 is 6.90. The first-order valence-electron chi connectivity index (χ1n) is 5.16. The molecule has 1 nitrogen and oxygen atoms in total. The Kier molecular flexibility index (Phi) is 4.07. The van der Waals surface area contributed by atoms with Gasteiger partial charge in [0, 0.05) is 16.8 Å². The highest BCUT2D eigenvalue weighted by atomic mass is 35.5. The molecule has 2 rings (SSSR count). The fourth-order valence-electron chi connectivity index (χ4n) is 1.45. The van der Waals surface area contributed by atoms with Crippen molar-refractivity contribution in [1.29, 1.82) is 0 Å². The summed E-state index contributed by atoms with van der Waals surface area (Å²) in [5, 5.41) is 2.36. The first-order chi connectivity index (χ1) is 8.20. The van der Waals surface area contributed by atoms with E-state index in [9.17, 15) is 8.78 Å². The Bertz CT molecular complexity index is 513. The first kappa shape index (κ1) is 12.5. The lowest BCUT2D eigenvalue weighted by molar-refractivity contribution is 0.603. The van der Waals surface area contributed by atoms with Crippen molar-refractivity contribution in [3.05, 3.63) is 40.9 Å². The van der Waals surface area contributed by atoms with Crippen LogP contribution in [0.3, 0.4) is 0 Å². The van der Waals surface area contributed by atoms with E-state index in [0.29, 0.717) is 10.9 Å². The number of hydrogen-bond donors (Lipinski definition) is 0. The minimum Gasteiger partial charge on any atom is -0.241 e. The molecule has 0 N–H and O–H groups in total. The van der Waals surface area contributed by atoms with Gasteiger partial charge in [-0.15, -0.1) is 22.9 Å². The first-order valence-corrected chi connectivity index (χ1v) is 6.58. The lowest BCUT2D eigenvalue weighted by Crippen LogP contribution is -1.89. The maximum atomic E-state index is 13.5. The molecule has 0 aliphatic rings. The maximum absolute atomic E-state index is 13.5. The Morgan fingerprint density at radius 1 is 1.29 bits per heavy atom. The van der Waals surface area contributed by atoms with Gasteiger partial charge in [-0.25, -0.2) is 13.8 Å². The third-order valence-corrected chi connectivity index (χ3v) is 3.47. The minimum absolute atomic E-state index is 0.215. The van der Waals surface area contributed by atoms with E-state index in [-0.39, 0.29) is 5.56 Å². The SMILES string of the molecule is Fc1ccc(F)c(-c2nc(CCCCl)cs2)c1. The van der Waals surface area contributed by atoms with Gasteiger partial charge in [0.05, 0.1) is 5.69 Å². The second-order valence-electron chi connectivity index (χ2n) is 3.56. The molecule has 0 spiro atoms. The zero-order valence-electron chi connectivity index (χ0n) is 8.92. The number of hydrogen-bond acceptors (Lipinski definition) is 2. The van der Waals surface area contributed by atoms with Gasteiger partial charge in [-0.1, -0.05) is 0 Å². The molecule has 0 aliphatic carbocycles. The summed E-state index contributed by atoms with van der Waals surface area (Å²) in [7, 11) is 0. The highest BCUT2D eigenvalue weighted by molar-refractivity contribution is 7.13. The van der Waals surface area contributed by atoms with Gasteiger partial charge in [0.2, 0.25) is 0 Å². The van der Waals surface area contributed by atoms with Gasteiger partial charge in [0.15, 0.2) is 0 Å². The molecule has 90 valence electrons. The van der Waals surface area contributed by atoms with Gasteiger partial charge in [-0.3, -0.25) is 0 Å². The predicted molar refractivity (Wildman–Crippen MR) is 66.5 cm³/mol. The lowest BCUT2D eigenvalue weighted by atomic mass is 10.2.